The van der Waals surface area contributed by atoms with Crippen molar-refractivity contribution in [2.24, 2.45) is 5.41 Å². The zero-order valence-corrected chi connectivity index (χ0v) is 22.9. The molecule has 0 unspecified atom stereocenters. The average Bonchev–Trinajstić information content (AvgIpc) is 3.50. The smallest absolute Gasteiger partial charge is 0.407 e. The van der Waals surface area contributed by atoms with Crippen molar-refractivity contribution in [3.63, 3.8) is 0 Å². The van der Waals surface area contributed by atoms with Crippen LogP contribution in [0.4, 0.5) is 4.79 Å². The van der Waals surface area contributed by atoms with Crippen LogP contribution in [0.5, 0.6) is 0 Å². The van der Waals surface area contributed by atoms with E-state index in [-0.39, 0.29) is 29.8 Å². The molecule has 0 radical (unpaired) electrons. The normalized spacial score (nSPS) is 15.4. The minimum Gasteiger partial charge on any atom is -0.481 e. The fourth-order valence-electron chi connectivity index (χ4n) is 6.29. The lowest BCUT2D eigenvalue weighted by Gasteiger charge is -2.26. The summed E-state index contributed by atoms with van der Waals surface area (Å²) < 4.78 is 5.58. The largest absolute Gasteiger partial charge is 0.481 e. The number of nitrogens with one attached hydrogen (secondary N) is 2. The third kappa shape index (κ3) is 8.07. The maximum Gasteiger partial charge on any atom is 0.407 e. The molecule has 7 nitrogen and oxygen atoms in total. The molecular weight excluding hydrogens is 492 g/mol. The van der Waals surface area contributed by atoms with Crippen molar-refractivity contribution in [3.8, 4) is 11.1 Å². The zero-order valence-electron chi connectivity index (χ0n) is 22.9. The van der Waals surface area contributed by atoms with E-state index in [2.05, 4.69) is 34.9 Å². The lowest BCUT2D eigenvalue weighted by Crippen LogP contribution is -2.32. The molecule has 210 valence electrons. The van der Waals surface area contributed by atoms with Gasteiger partial charge in [0.25, 0.3) is 0 Å². The molecule has 0 spiro atoms. The molecule has 1 saturated carbocycles. The van der Waals surface area contributed by atoms with Crippen LogP contribution < -0.4 is 10.6 Å². The Morgan fingerprint density at radius 3 is 1.90 bits per heavy atom. The maximum atomic E-state index is 12.3. The van der Waals surface area contributed by atoms with E-state index >= 15 is 0 Å². The fourth-order valence-corrected chi connectivity index (χ4v) is 6.29. The number of carbonyl (C=O) groups is 3. The number of unbranched alkanes of at least 4 members (excludes halogenated alkanes) is 5. The maximum absolute atomic E-state index is 12.3. The van der Waals surface area contributed by atoms with E-state index in [0.717, 1.165) is 64.2 Å². The summed E-state index contributed by atoms with van der Waals surface area (Å²) in [6, 6.07) is 16.6. The third-order valence-electron chi connectivity index (χ3n) is 8.26. The van der Waals surface area contributed by atoms with Crippen molar-refractivity contribution in [2.45, 2.75) is 83.0 Å². The molecule has 7 heteroatoms. The highest BCUT2D eigenvalue weighted by molar-refractivity contribution is 5.79. The first kappa shape index (κ1) is 28.7. The lowest BCUT2D eigenvalue weighted by molar-refractivity contribution is -0.140. The van der Waals surface area contributed by atoms with Gasteiger partial charge >= 0.3 is 12.1 Å². The summed E-state index contributed by atoms with van der Waals surface area (Å²) in [5.41, 5.74) is 4.52. The van der Waals surface area contributed by atoms with E-state index in [0.29, 0.717) is 26.1 Å². The minimum absolute atomic E-state index is 0.0162. The molecule has 0 bridgehead atoms. The second-order valence-electron chi connectivity index (χ2n) is 11.2. The summed E-state index contributed by atoms with van der Waals surface area (Å²) in [6.45, 7) is 1.58. The summed E-state index contributed by atoms with van der Waals surface area (Å²) in [5, 5.41) is 15.1. The molecule has 2 aromatic rings. The Kier molecular flexibility index (Phi) is 10.4. The molecule has 2 aromatic carbocycles. The van der Waals surface area contributed by atoms with Crippen molar-refractivity contribution in [2.75, 3.05) is 19.7 Å². The number of alkyl carbamates (subject to hydrolysis) is 1. The fraction of sp³-hybridized carbons (Fsp3) is 0.531. The Morgan fingerprint density at radius 2 is 1.31 bits per heavy atom. The first-order chi connectivity index (χ1) is 19.0. The summed E-state index contributed by atoms with van der Waals surface area (Å²) in [7, 11) is 0. The van der Waals surface area contributed by atoms with Crippen molar-refractivity contribution >= 4 is 18.0 Å². The number of hydrogen-bond acceptors (Lipinski definition) is 4. The van der Waals surface area contributed by atoms with Gasteiger partial charge in [0.15, 0.2) is 0 Å². The second kappa shape index (κ2) is 14.2. The molecule has 3 N–H and O–H groups in total. The van der Waals surface area contributed by atoms with E-state index in [1.165, 1.54) is 22.3 Å². The lowest BCUT2D eigenvalue weighted by atomic mass is 9.79. The Balaban J connectivity index is 1.02. The van der Waals surface area contributed by atoms with Gasteiger partial charge in [-0.3, -0.25) is 9.59 Å². The Hall–Kier alpha value is -3.35. The molecule has 2 aliphatic carbocycles. The molecule has 2 amide bonds. The highest BCUT2D eigenvalue weighted by Gasteiger charge is 2.37. The Bertz CT molecular complexity index is 1080. The van der Waals surface area contributed by atoms with Gasteiger partial charge in [0.2, 0.25) is 5.91 Å². The van der Waals surface area contributed by atoms with Crippen LogP contribution in [0.1, 0.15) is 94.1 Å². The Labute approximate surface area is 231 Å². The number of carboxylic acid groups (broad SMARTS) is 1. The van der Waals surface area contributed by atoms with Crippen LogP contribution in [-0.4, -0.2) is 42.8 Å². The molecule has 0 atom stereocenters. The number of hydrogen-bond donors (Lipinski definition) is 3. The summed E-state index contributed by atoms with van der Waals surface area (Å²) in [4.78, 5) is 35.8. The standard InChI is InChI=1S/C32H42N2O5/c35-29(21-32(22-30(36)37)17-9-10-18-32)33-19-11-3-1-2-4-12-20-34-31(38)39-23-28-26-15-7-5-13-24(26)25-14-6-8-16-27(25)28/h5-8,13-16,28H,1-4,9-12,17-23H2,(H,33,35)(H,34,38)(H,36,37). The first-order valence-corrected chi connectivity index (χ1v) is 14.5. The molecule has 1 fully saturated rings. The van der Waals surface area contributed by atoms with Gasteiger partial charge in [0.05, 0.1) is 6.42 Å². The number of aliphatic carboxylic acids is 1. The molecule has 0 heterocycles. The first-order valence-electron chi connectivity index (χ1n) is 14.5. The molecular formula is C32H42N2O5. The van der Waals surface area contributed by atoms with Crippen molar-refractivity contribution < 1.29 is 24.2 Å². The summed E-state index contributed by atoms with van der Waals surface area (Å²) >= 11 is 0. The highest BCUT2D eigenvalue weighted by atomic mass is 16.5. The zero-order chi connectivity index (χ0) is 27.5. The van der Waals surface area contributed by atoms with Crippen LogP contribution in [0.25, 0.3) is 11.1 Å². The quantitative estimate of drug-likeness (QED) is 0.229. The van der Waals surface area contributed by atoms with Crippen molar-refractivity contribution in [3.05, 3.63) is 59.7 Å². The van der Waals surface area contributed by atoms with Gasteiger partial charge in [-0.2, -0.15) is 0 Å². The molecule has 2 aliphatic rings. The topological polar surface area (TPSA) is 105 Å². The predicted octanol–water partition coefficient (Wildman–Crippen LogP) is 6.41. The van der Waals surface area contributed by atoms with Crippen LogP contribution in [0.15, 0.2) is 48.5 Å². The van der Waals surface area contributed by atoms with E-state index in [1.54, 1.807) is 0 Å². The second-order valence-corrected chi connectivity index (χ2v) is 11.2. The molecule has 4 rings (SSSR count). The van der Waals surface area contributed by atoms with Gasteiger partial charge < -0.3 is 20.5 Å². The van der Waals surface area contributed by atoms with E-state index in [1.807, 2.05) is 24.3 Å². The minimum atomic E-state index is -0.807. The van der Waals surface area contributed by atoms with E-state index in [9.17, 15) is 19.5 Å². The molecule has 0 aromatic heterocycles. The number of amides is 2. The predicted molar refractivity (Wildman–Crippen MR) is 152 cm³/mol. The number of rotatable bonds is 15. The van der Waals surface area contributed by atoms with Crippen LogP contribution >= 0.6 is 0 Å². The van der Waals surface area contributed by atoms with Gasteiger partial charge in [0, 0.05) is 25.4 Å². The SMILES string of the molecule is O=C(O)CC1(CC(=O)NCCCCCCCCNC(=O)OCC2c3ccccc3-c3ccccc32)CCCC1. The summed E-state index contributed by atoms with van der Waals surface area (Å²) in [5.74, 6) is -0.753. The van der Waals surface area contributed by atoms with Crippen LogP contribution in [0.2, 0.25) is 0 Å². The van der Waals surface area contributed by atoms with Crippen LogP contribution in [-0.2, 0) is 14.3 Å². The van der Waals surface area contributed by atoms with Gasteiger partial charge in [-0.15, -0.1) is 0 Å². The third-order valence-corrected chi connectivity index (χ3v) is 8.26. The van der Waals surface area contributed by atoms with Gasteiger partial charge in [-0.1, -0.05) is 87.1 Å². The van der Waals surface area contributed by atoms with Crippen LogP contribution in [0.3, 0.4) is 0 Å². The summed E-state index contributed by atoms with van der Waals surface area (Å²) in [6.07, 6.45) is 9.85. The van der Waals surface area contributed by atoms with E-state index in [4.69, 9.17) is 4.74 Å². The number of carboxylic acids is 1. The Morgan fingerprint density at radius 1 is 0.769 bits per heavy atom. The number of carbonyl (C=O) groups excluding carboxylic acids is 2. The van der Waals surface area contributed by atoms with Gasteiger partial charge in [0.1, 0.15) is 6.61 Å². The highest BCUT2D eigenvalue weighted by Crippen LogP contribution is 2.45. The van der Waals surface area contributed by atoms with E-state index < -0.39 is 5.97 Å². The molecule has 0 aliphatic heterocycles. The average molecular weight is 535 g/mol. The molecule has 0 saturated heterocycles. The monoisotopic (exact) mass is 534 g/mol. The van der Waals surface area contributed by atoms with Crippen molar-refractivity contribution in [1.82, 2.24) is 10.6 Å². The number of fused-ring (bicyclic) bond motifs is 3. The van der Waals surface area contributed by atoms with Crippen molar-refractivity contribution in [1.29, 1.82) is 0 Å². The number of ether oxygens (including phenoxy) is 1. The van der Waals surface area contributed by atoms with Gasteiger partial charge in [-0.25, -0.2) is 4.79 Å². The van der Waals surface area contributed by atoms with Crippen LogP contribution in [0, 0.1) is 5.41 Å². The molecule has 39 heavy (non-hydrogen) atoms. The number of benzene rings is 2. The van der Waals surface area contributed by atoms with Gasteiger partial charge in [-0.05, 0) is 53.4 Å².